The van der Waals surface area contributed by atoms with E-state index in [2.05, 4.69) is 53.9 Å². The number of hydrogen-bond acceptors (Lipinski definition) is 5. The monoisotopic (exact) mass is 400 g/mol. The second kappa shape index (κ2) is 9.63. The zero-order valence-electron chi connectivity index (χ0n) is 17.4. The molecule has 2 atom stereocenters. The fraction of sp³-hybridized carbons (Fsp3) is 0.545. The Morgan fingerprint density at radius 1 is 1.29 bits per heavy atom. The van der Waals surface area contributed by atoms with E-state index < -0.39 is 0 Å². The zero-order valence-corrected chi connectivity index (χ0v) is 18.2. The summed E-state index contributed by atoms with van der Waals surface area (Å²) in [5, 5.41) is 1.07. The van der Waals surface area contributed by atoms with Gasteiger partial charge in [0.1, 0.15) is 4.88 Å². The lowest BCUT2D eigenvalue weighted by Gasteiger charge is -2.17. The first-order valence-electron chi connectivity index (χ1n) is 10.2. The van der Waals surface area contributed by atoms with Gasteiger partial charge in [-0.2, -0.15) is 0 Å². The fourth-order valence-corrected chi connectivity index (χ4v) is 4.92. The van der Waals surface area contributed by atoms with Crippen molar-refractivity contribution in [3.05, 3.63) is 51.5 Å². The van der Waals surface area contributed by atoms with Crippen molar-refractivity contribution in [2.24, 2.45) is 5.92 Å². The number of nitrogens with one attached hydrogen (secondary N) is 2. The second-order valence-corrected chi connectivity index (χ2v) is 9.26. The molecule has 0 saturated carbocycles. The molecule has 6 heteroatoms. The molecule has 3 rings (SSSR count). The Bertz CT molecular complexity index is 774. The number of rotatable bonds is 8. The smallest absolute Gasteiger partial charge is 0.265 e. The Morgan fingerprint density at radius 2 is 2.04 bits per heavy atom. The third-order valence-corrected chi connectivity index (χ3v) is 6.36. The molecule has 0 radical (unpaired) electrons. The second-order valence-electron chi connectivity index (χ2n) is 8.17. The molecule has 152 valence electrons. The van der Waals surface area contributed by atoms with Gasteiger partial charge in [0, 0.05) is 32.1 Å². The minimum absolute atomic E-state index is 0.102. The van der Waals surface area contributed by atoms with Crippen molar-refractivity contribution in [1.29, 1.82) is 0 Å². The van der Waals surface area contributed by atoms with E-state index >= 15 is 0 Å². The highest BCUT2D eigenvalue weighted by Crippen LogP contribution is 2.25. The number of aryl methyl sites for hydroxylation is 1. The molecule has 1 amide bonds. The Morgan fingerprint density at radius 3 is 2.75 bits per heavy atom. The number of hydrogen-bond donors (Lipinski definition) is 2. The highest BCUT2D eigenvalue weighted by atomic mass is 32.1. The number of nitrogens with zero attached hydrogens (tertiary/aromatic N) is 2. The number of hydrazine groups is 1. The van der Waals surface area contributed by atoms with E-state index in [1.54, 1.807) is 11.3 Å². The fourth-order valence-electron chi connectivity index (χ4n) is 3.65. The number of benzene rings is 1. The minimum Gasteiger partial charge on any atom is -0.341 e. The van der Waals surface area contributed by atoms with Gasteiger partial charge in [-0.15, -0.1) is 11.3 Å². The third-order valence-electron chi connectivity index (χ3n) is 5.19. The van der Waals surface area contributed by atoms with Gasteiger partial charge in [-0.1, -0.05) is 44.2 Å². The third kappa shape index (κ3) is 5.40. The number of carbonyl (C=O) groups is 1. The van der Waals surface area contributed by atoms with Gasteiger partial charge in [0.2, 0.25) is 0 Å². The predicted octanol–water partition coefficient (Wildman–Crippen LogP) is 4.11. The molecule has 1 aromatic heterocycles. The maximum atomic E-state index is 12.8. The topological polar surface area (TPSA) is 57.3 Å². The molecule has 1 aliphatic heterocycles. The van der Waals surface area contributed by atoms with Gasteiger partial charge in [-0.25, -0.2) is 4.98 Å². The van der Waals surface area contributed by atoms with Crippen molar-refractivity contribution >= 4 is 17.2 Å². The lowest BCUT2D eigenvalue weighted by molar-refractivity contribution is 0.0795. The van der Waals surface area contributed by atoms with Crippen molar-refractivity contribution in [2.45, 2.75) is 58.5 Å². The molecule has 0 bridgehead atoms. The van der Waals surface area contributed by atoms with E-state index in [1.165, 1.54) is 5.56 Å². The van der Waals surface area contributed by atoms with E-state index in [-0.39, 0.29) is 5.91 Å². The summed E-state index contributed by atoms with van der Waals surface area (Å²) in [7, 11) is 1.90. The van der Waals surface area contributed by atoms with Crippen LogP contribution >= 0.6 is 11.3 Å². The number of thiazole rings is 1. The van der Waals surface area contributed by atoms with Gasteiger partial charge in [-0.05, 0) is 37.7 Å². The molecule has 1 aliphatic rings. The predicted molar refractivity (Wildman–Crippen MR) is 115 cm³/mol. The van der Waals surface area contributed by atoms with Gasteiger partial charge in [0.15, 0.2) is 0 Å². The van der Waals surface area contributed by atoms with Crippen LogP contribution in [0, 0.1) is 12.8 Å². The first-order chi connectivity index (χ1) is 13.4. The molecule has 2 N–H and O–H groups in total. The lowest BCUT2D eigenvalue weighted by atomic mass is 10.00. The van der Waals surface area contributed by atoms with Gasteiger partial charge in [0.25, 0.3) is 5.91 Å². The summed E-state index contributed by atoms with van der Waals surface area (Å²) >= 11 is 1.56. The highest BCUT2D eigenvalue weighted by molar-refractivity contribution is 7.13. The summed E-state index contributed by atoms with van der Waals surface area (Å²) in [4.78, 5) is 20.0. The van der Waals surface area contributed by atoms with Crippen LogP contribution in [0.25, 0.3) is 0 Å². The number of aromatic nitrogens is 1. The quantitative estimate of drug-likeness (QED) is 0.700. The summed E-state index contributed by atoms with van der Waals surface area (Å²) in [5.74, 6) is 0.656. The Labute approximate surface area is 172 Å². The van der Waals surface area contributed by atoms with Crippen LogP contribution in [0.4, 0.5) is 0 Å². The molecule has 1 fully saturated rings. The van der Waals surface area contributed by atoms with E-state index in [9.17, 15) is 4.79 Å². The Balaban J connectivity index is 1.45. The van der Waals surface area contributed by atoms with Crippen molar-refractivity contribution in [1.82, 2.24) is 20.7 Å². The van der Waals surface area contributed by atoms with E-state index in [0.29, 0.717) is 18.0 Å². The van der Waals surface area contributed by atoms with Crippen molar-refractivity contribution < 1.29 is 4.79 Å². The molecule has 2 aromatic rings. The van der Waals surface area contributed by atoms with Crippen LogP contribution in [0.5, 0.6) is 0 Å². The largest absolute Gasteiger partial charge is 0.341 e. The Kier molecular flexibility index (Phi) is 7.21. The SMILES string of the molecule is Cc1nc(CC(C)C)sc1C(=O)N(C)CCCC1CC(c2ccccc2)NN1. The first kappa shape index (κ1) is 21.0. The average Bonchev–Trinajstić information content (AvgIpc) is 3.28. The number of carbonyl (C=O) groups excluding carboxylic acids is 1. The van der Waals surface area contributed by atoms with E-state index in [0.717, 1.165) is 47.8 Å². The van der Waals surface area contributed by atoms with Crippen LogP contribution in [0.1, 0.15) is 65.1 Å². The van der Waals surface area contributed by atoms with Gasteiger partial charge in [0.05, 0.1) is 10.7 Å². The summed E-state index contributed by atoms with van der Waals surface area (Å²) in [6, 6.07) is 11.4. The molecule has 0 spiro atoms. The van der Waals surface area contributed by atoms with Crippen LogP contribution in [0.3, 0.4) is 0 Å². The van der Waals surface area contributed by atoms with Gasteiger partial charge < -0.3 is 4.90 Å². The molecule has 2 unspecified atom stereocenters. The number of amides is 1. The summed E-state index contributed by atoms with van der Waals surface area (Å²) in [6.07, 6.45) is 4.05. The van der Waals surface area contributed by atoms with Crippen molar-refractivity contribution in [3.8, 4) is 0 Å². The van der Waals surface area contributed by atoms with Gasteiger partial charge in [-0.3, -0.25) is 15.6 Å². The summed E-state index contributed by atoms with van der Waals surface area (Å²) < 4.78 is 0. The van der Waals surface area contributed by atoms with E-state index in [4.69, 9.17) is 0 Å². The maximum Gasteiger partial charge on any atom is 0.265 e. The average molecular weight is 401 g/mol. The minimum atomic E-state index is 0.102. The van der Waals surface area contributed by atoms with Crippen LogP contribution in [-0.2, 0) is 6.42 Å². The maximum absolute atomic E-state index is 12.8. The standard InChI is InChI=1S/C22H32N4OS/c1-15(2)13-20-23-16(3)21(28-20)22(27)26(4)12-8-11-18-14-19(25-24-18)17-9-6-5-7-10-17/h5-7,9-10,15,18-19,24-25H,8,11-14H2,1-4H3. The van der Waals surface area contributed by atoms with Crippen molar-refractivity contribution in [2.75, 3.05) is 13.6 Å². The summed E-state index contributed by atoms with van der Waals surface area (Å²) in [6.45, 7) is 7.07. The molecule has 0 aliphatic carbocycles. The molecule has 1 saturated heterocycles. The molecule has 5 nitrogen and oxygen atoms in total. The molecular formula is C22H32N4OS. The molecular weight excluding hydrogens is 368 g/mol. The Hall–Kier alpha value is -1.76. The first-order valence-corrected chi connectivity index (χ1v) is 11.0. The van der Waals surface area contributed by atoms with Gasteiger partial charge >= 0.3 is 0 Å². The van der Waals surface area contributed by atoms with Crippen LogP contribution < -0.4 is 10.9 Å². The normalized spacial score (nSPS) is 19.3. The highest BCUT2D eigenvalue weighted by Gasteiger charge is 2.25. The van der Waals surface area contributed by atoms with Crippen LogP contribution in [0.2, 0.25) is 0 Å². The molecule has 1 aromatic carbocycles. The zero-order chi connectivity index (χ0) is 20.1. The lowest BCUT2D eigenvalue weighted by Crippen LogP contribution is -2.32. The van der Waals surface area contributed by atoms with Crippen molar-refractivity contribution in [3.63, 3.8) is 0 Å². The van der Waals surface area contributed by atoms with E-state index in [1.807, 2.05) is 24.9 Å². The summed E-state index contributed by atoms with van der Waals surface area (Å²) in [5.41, 5.74) is 8.99. The molecule has 28 heavy (non-hydrogen) atoms. The molecule has 2 heterocycles. The van der Waals surface area contributed by atoms with Crippen LogP contribution in [-0.4, -0.2) is 35.4 Å². The van der Waals surface area contributed by atoms with Crippen LogP contribution in [0.15, 0.2) is 30.3 Å².